The number of hydrogen-bond donors (Lipinski definition) is 1. The Balaban J connectivity index is 2.55. The van der Waals surface area contributed by atoms with Crippen LogP contribution in [0.15, 0.2) is 18.2 Å². The molecule has 2 rings (SSSR count). The van der Waals surface area contributed by atoms with Crippen LogP contribution in [0.5, 0.6) is 0 Å². The lowest BCUT2D eigenvalue weighted by Gasteiger charge is -2.43. The van der Waals surface area contributed by atoms with Crippen molar-refractivity contribution in [3.8, 4) is 0 Å². The SMILES string of the molecule is Cc1ccc(CN)cc1N1C(=O)C(C)(C)S1(=O)=O. The first-order valence-electron chi connectivity index (χ1n) is 5.62. The van der Waals surface area contributed by atoms with Gasteiger partial charge in [0.05, 0.1) is 5.69 Å². The highest BCUT2D eigenvalue weighted by Gasteiger charge is 2.61. The van der Waals surface area contributed by atoms with Gasteiger partial charge in [0, 0.05) is 6.54 Å². The lowest BCUT2D eigenvalue weighted by atomic mass is 10.1. The van der Waals surface area contributed by atoms with E-state index in [1.165, 1.54) is 13.8 Å². The van der Waals surface area contributed by atoms with E-state index in [0.29, 0.717) is 12.2 Å². The minimum atomic E-state index is -3.61. The van der Waals surface area contributed by atoms with Crippen molar-refractivity contribution in [2.24, 2.45) is 5.73 Å². The van der Waals surface area contributed by atoms with Crippen LogP contribution in [0.2, 0.25) is 0 Å². The second kappa shape index (κ2) is 3.80. The van der Waals surface area contributed by atoms with Gasteiger partial charge in [0.1, 0.15) is 0 Å². The summed E-state index contributed by atoms with van der Waals surface area (Å²) in [5.41, 5.74) is 7.47. The Kier molecular flexibility index (Phi) is 2.75. The normalized spacial score (nSPS) is 20.7. The van der Waals surface area contributed by atoms with E-state index in [0.717, 1.165) is 15.4 Å². The van der Waals surface area contributed by atoms with E-state index >= 15 is 0 Å². The summed E-state index contributed by atoms with van der Waals surface area (Å²) in [6, 6.07) is 5.24. The zero-order valence-electron chi connectivity index (χ0n) is 10.6. The average molecular weight is 268 g/mol. The second-order valence-electron chi connectivity index (χ2n) is 4.91. The average Bonchev–Trinajstić information content (AvgIpc) is 2.31. The molecule has 1 amide bonds. The first-order valence-corrected chi connectivity index (χ1v) is 7.06. The molecule has 1 aliphatic heterocycles. The van der Waals surface area contributed by atoms with Crippen LogP contribution in [-0.4, -0.2) is 19.1 Å². The van der Waals surface area contributed by atoms with Gasteiger partial charge >= 0.3 is 0 Å². The van der Waals surface area contributed by atoms with Crippen LogP contribution in [0.3, 0.4) is 0 Å². The van der Waals surface area contributed by atoms with Crippen molar-refractivity contribution in [1.82, 2.24) is 0 Å². The van der Waals surface area contributed by atoms with E-state index < -0.39 is 20.7 Å². The van der Waals surface area contributed by atoms with Gasteiger partial charge in [-0.15, -0.1) is 0 Å². The van der Waals surface area contributed by atoms with E-state index in [-0.39, 0.29) is 0 Å². The van der Waals surface area contributed by atoms with Crippen LogP contribution in [0, 0.1) is 6.92 Å². The summed E-state index contributed by atoms with van der Waals surface area (Å²) < 4.78 is 23.8. The zero-order chi connectivity index (χ0) is 13.7. The molecule has 1 aliphatic rings. The third kappa shape index (κ3) is 1.49. The Hall–Kier alpha value is -1.40. The highest BCUT2D eigenvalue weighted by molar-refractivity contribution is 7.98. The van der Waals surface area contributed by atoms with Crippen molar-refractivity contribution in [2.75, 3.05) is 4.31 Å². The Morgan fingerprint density at radius 3 is 2.44 bits per heavy atom. The van der Waals surface area contributed by atoms with Gasteiger partial charge in [0.15, 0.2) is 4.75 Å². The minimum Gasteiger partial charge on any atom is -0.326 e. The molecule has 98 valence electrons. The molecule has 0 aliphatic carbocycles. The molecule has 1 aromatic carbocycles. The topological polar surface area (TPSA) is 80.5 Å². The molecule has 1 aromatic rings. The fraction of sp³-hybridized carbons (Fsp3) is 0.417. The Morgan fingerprint density at radius 1 is 1.33 bits per heavy atom. The fourth-order valence-corrected chi connectivity index (χ4v) is 3.43. The molecule has 1 fully saturated rings. The van der Waals surface area contributed by atoms with Gasteiger partial charge in [0.2, 0.25) is 0 Å². The summed E-state index contributed by atoms with van der Waals surface area (Å²) in [6.45, 7) is 4.91. The van der Waals surface area contributed by atoms with Crippen molar-refractivity contribution in [3.63, 3.8) is 0 Å². The molecule has 0 spiro atoms. The highest BCUT2D eigenvalue weighted by Crippen LogP contribution is 2.40. The van der Waals surface area contributed by atoms with Crippen LogP contribution >= 0.6 is 0 Å². The maximum atomic E-state index is 12.1. The second-order valence-corrected chi connectivity index (χ2v) is 7.25. The monoisotopic (exact) mass is 268 g/mol. The van der Waals surface area contributed by atoms with Gasteiger partial charge in [-0.3, -0.25) is 4.79 Å². The smallest absolute Gasteiger partial charge is 0.263 e. The van der Waals surface area contributed by atoms with Gasteiger partial charge in [-0.2, -0.15) is 0 Å². The molecule has 0 radical (unpaired) electrons. The van der Waals surface area contributed by atoms with E-state index in [9.17, 15) is 13.2 Å². The number of anilines is 1. The molecule has 5 nitrogen and oxygen atoms in total. The molecule has 0 aromatic heterocycles. The van der Waals surface area contributed by atoms with Gasteiger partial charge in [-0.1, -0.05) is 12.1 Å². The molecule has 1 saturated heterocycles. The number of rotatable bonds is 2. The first kappa shape index (κ1) is 13.0. The van der Waals surface area contributed by atoms with Crippen LogP contribution < -0.4 is 10.0 Å². The molecule has 6 heteroatoms. The van der Waals surface area contributed by atoms with Gasteiger partial charge < -0.3 is 5.73 Å². The molecule has 1 heterocycles. The maximum absolute atomic E-state index is 12.1. The molecular weight excluding hydrogens is 252 g/mol. The number of carbonyl (C=O) groups is 1. The number of hydrogen-bond acceptors (Lipinski definition) is 4. The van der Waals surface area contributed by atoms with Crippen molar-refractivity contribution in [2.45, 2.75) is 32.1 Å². The standard InChI is InChI=1S/C12H16N2O3S/c1-8-4-5-9(7-13)6-10(8)14-11(15)12(2,3)18(14,16)17/h4-6H,7,13H2,1-3H3. The fourth-order valence-electron chi connectivity index (χ4n) is 1.89. The lowest BCUT2D eigenvalue weighted by molar-refractivity contribution is -0.120. The van der Waals surface area contributed by atoms with E-state index in [2.05, 4.69) is 0 Å². The summed E-state index contributed by atoms with van der Waals surface area (Å²) >= 11 is 0. The molecule has 0 saturated carbocycles. The highest BCUT2D eigenvalue weighted by atomic mass is 32.2. The minimum absolute atomic E-state index is 0.304. The number of amides is 1. The zero-order valence-corrected chi connectivity index (χ0v) is 11.4. The first-order chi connectivity index (χ1) is 8.23. The van der Waals surface area contributed by atoms with E-state index in [1.807, 2.05) is 6.07 Å². The summed E-state index contributed by atoms with van der Waals surface area (Å²) in [7, 11) is -3.61. The van der Waals surface area contributed by atoms with Gasteiger partial charge in [-0.05, 0) is 38.0 Å². The summed E-state index contributed by atoms with van der Waals surface area (Å²) in [5, 5.41) is 0. The Bertz CT molecular complexity index is 620. The summed E-state index contributed by atoms with van der Waals surface area (Å²) in [4.78, 5) is 12.0. The number of carbonyl (C=O) groups excluding carboxylic acids is 1. The summed E-state index contributed by atoms with van der Waals surface area (Å²) in [5.74, 6) is -0.403. The largest absolute Gasteiger partial charge is 0.326 e. The van der Waals surface area contributed by atoms with Gasteiger partial charge in [0.25, 0.3) is 15.9 Å². The maximum Gasteiger partial charge on any atom is 0.263 e. The van der Waals surface area contributed by atoms with Gasteiger partial charge in [-0.25, -0.2) is 12.7 Å². The molecular formula is C12H16N2O3S. The third-order valence-corrected chi connectivity index (χ3v) is 5.62. The molecule has 0 bridgehead atoms. The number of nitrogens with zero attached hydrogens (tertiary/aromatic N) is 1. The Morgan fingerprint density at radius 2 is 1.94 bits per heavy atom. The molecule has 0 atom stereocenters. The van der Waals surface area contributed by atoms with Crippen molar-refractivity contribution in [3.05, 3.63) is 29.3 Å². The van der Waals surface area contributed by atoms with Crippen LogP contribution in [-0.2, 0) is 21.4 Å². The number of aryl methyl sites for hydroxylation is 1. The predicted molar refractivity (Wildman–Crippen MR) is 69.6 cm³/mol. The van der Waals surface area contributed by atoms with Crippen LogP contribution in [0.4, 0.5) is 5.69 Å². The summed E-state index contributed by atoms with van der Waals surface area (Å²) in [6.07, 6.45) is 0. The van der Waals surface area contributed by atoms with Crippen LogP contribution in [0.1, 0.15) is 25.0 Å². The third-order valence-electron chi connectivity index (χ3n) is 3.31. The quantitative estimate of drug-likeness (QED) is 0.864. The van der Waals surface area contributed by atoms with Crippen molar-refractivity contribution >= 4 is 21.6 Å². The molecule has 2 N–H and O–H groups in total. The number of sulfonamides is 1. The lowest BCUT2D eigenvalue weighted by Crippen LogP contribution is -2.67. The Labute approximate surface area is 107 Å². The predicted octanol–water partition coefficient (Wildman–Crippen LogP) is 0.909. The number of nitrogens with two attached hydrogens (primary N) is 1. The van der Waals surface area contributed by atoms with Crippen molar-refractivity contribution < 1.29 is 13.2 Å². The molecule has 18 heavy (non-hydrogen) atoms. The molecule has 0 unspecified atom stereocenters. The van der Waals surface area contributed by atoms with E-state index in [4.69, 9.17) is 5.73 Å². The van der Waals surface area contributed by atoms with E-state index in [1.54, 1.807) is 19.1 Å². The van der Waals surface area contributed by atoms with Crippen LogP contribution in [0.25, 0.3) is 0 Å². The number of benzene rings is 1. The van der Waals surface area contributed by atoms with Crippen molar-refractivity contribution in [1.29, 1.82) is 0 Å².